The van der Waals surface area contributed by atoms with E-state index in [1.807, 2.05) is 23.1 Å². The fourth-order valence-corrected chi connectivity index (χ4v) is 5.06. The third kappa shape index (κ3) is 5.25. The number of methoxy groups -OCH3 is 3. The van der Waals surface area contributed by atoms with E-state index in [0.29, 0.717) is 42.9 Å². The van der Waals surface area contributed by atoms with Crippen LogP contribution < -0.4 is 18.9 Å². The molecule has 2 aromatic rings. The van der Waals surface area contributed by atoms with Gasteiger partial charge in [-0.1, -0.05) is 25.3 Å². The number of benzene rings is 2. The van der Waals surface area contributed by atoms with Crippen molar-refractivity contribution in [2.75, 3.05) is 34.5 Å². The summed E-state index contributed by atoms with van der Waals surface area (Å²) in [5.74, 6) is 2.62. The number of fused-ring (bicyclic) bond motifs is 1. The zero-order valence-electron chi connectivity index (χ0n) is 20.3. The molecule has 7 heteroatoms. The second-order valence-corrected chi connectivity index (χ2v) is 9.08. The summed E-state index contributed by atoms with van der Waals surface area (Å²) in [5, 5.41) is 11.0. The van der Waals surface area contributed by atoms with Gasteiger partial charge in [-0.25, -0.2) is 0 Å². The first-order valence-corrected chi connectivity index (χ1v) is 12.0. The van der Waals surface area contributed by atoms with Gasteiger partial charge in [0.05, 0.1) is 40.4 Å². The van der Waals surface area contributed by atoms with E-state index < -0.39 is 6.10 Å². The number of hydrogen-bond acceptors (Lipinski definition) is 6. The largest absolute Gasteiger partial charge is 0.493 e. The van der Waals surface area contributed by atoms with Crippen LogP contribution in [0, 0.1) is 5.92 Å². The Kier molecular flexibility index (Phi) is 7.83. The number of nitrogens with zero attached hydrogens (tertiary/aromatic N) is 1. The molecule has 4 rings (SSSR count). The molecular formula is C27H35NO6. The summed E-state index contributed by atoms with van der Waals surface area (Å²) in [6.45, 7) is 1.38. The first-order chi connectivity index (χ1) is 16.5. The van der Waals surface area contributed by atoms with Gasteiger partial charge in [0, 0.05) is 12.1 Å². The molecule has 1 heterocycles. The topological polar surface area (TPSA) is 77.5 Å². The van der Waals surface area contributed by atoms with Gasteiger partial charge < -0.3 is 29.0 Å². The van der Waals surface area contributed by atoms with Crippen molar-refractivity contribution in [1.82, 2.24) is 4.90 Å². The van der Waals surface area contributed by atoms with Crippen molar-refractivity contribution in [2.24, 2.45) is 5.92 Å². The molecule has 0 aromatic heterocycles. The van der Waals surface area contributed by atoms with Crippen molar-refractivity contribution in [1.29, 1.82) is 0 Å². The van der Waals surface area contributed by atoms with Crippen LogP contribution in [0.1, 0.15) is 54.9 Å². The molecule has 34 heavy (non-hydrogen) atoms. The molecule has 0 bridgehead atoms. The van der Waals surface area contributed by atoms with Gasteiger partial charge >= 0.3 is 0 Å². The lowest BCUT2D eigenvalue weighted by molar-refractivity contribution is -0.131. The number of aliphatic hydroxyl groups excluding tert-OH is 1. The van der Waals surface area contributed by atoms with Gasteiger partial charge in [-0.15, -0.1) is 0 Å². The summed E-state index contributed by atoms with van der Waals surface area (Å²) in [5.41, 5.74) is 2.63. The standard InChI is InChI=1S/C27H35NO6/c1-31-23-13-18(14-24(32-2)27(23)33-3)15-25(29)28-11-12-34-22-10-9-20(16-21(22)17-28)26(30)19-7-5-4-6-8-19/h9-10,13-14,16,19,26,30H,4-8,11-12,15,17H2,1-3H3/t26-/m1/s1. The molecule has 0 unspecified atom stereocenters. The minimum Gasteiger partial charge on any atom is -0.493 e. The van der Waals surface area contributed by atoms with Crippen LogP contribution in [0.3, 0.4) is 0 Å². The molecule has 1 saturated carbocycles. The van der Waals surface area contributed by atoms with Crippen molar-refractivity contribution < 1.29 is 28.8 Å². The van der Waals surface area contributed by atoms with Gasteiger partial charge in [0.25, 0.3) is 0 Å². The highest BCUT2D eigenvalue weighted by molar-refractivity contribution is 5.79. The Labute approximate surface area is 201 Å². The first-order valence-electron chi connectivity index (χ1n) is 12.0. The Bertz CT molecular complexity index is 976. The average Bonchev–Trinajstić information content (AvgIpc) is 3.10. The van der Waals surface area contributed by atoms with Crippen LogP contribution in [0.15, 0.2) is 30.3 Å². The van der Waals surface area contributed by atoms with E-state index >= 15 is 0 Å². The molecule has 184 valence electrons. The molecule has 1 aliphatic heterocycles. The second kappa shape index (κ2) is 11.0. The molecule has 0 radical (unpaired) electrons. The van der Waals surface area contributed by atoms with Gasteiger partial charge in [-0.2, -0.15) is 0 Å². The third-order valence-electron chi connectivity index (χ3n) is 6.93. The Balaban J connectivity index is 1.51. The number of ether oxygens (including phenoxy) is 4. The van der Waals surface area contributed by atoms with E-state index in [1.54, 1.807) is 33.5 Å². The molecule has 1 N–H and O–H groups in total. The summed E-state index contributed by atoms with van der Waals surface area (Å²) in [4.78, 5) is 15.1. The Morgan fingerprint density at radius 3 is 2.41 bits per heavy atom. The summed E-state index contributed by atoms with van der Waals surface area (Å²) in [6.07, 6.45) is 5.47. The smallest absolute Gasteiger partial charge is 0.227 e. The number of aliphatic hydroxyl groups is 1. The molecule has 2 aromatic carbocycles. The number of carbonyl (C=O) groups is 1. The molecule has 1 atom stereocenters. The molecule has 1 amide bonds. The molecule has 2 aliphatic rings. The quantitative estimate of drug-likeness (QED) is 0.652. The van der Waals surface area contributed by atoms with Gasteiger partial charge in [0.15, 0.2) is 11.5 Å². The van der Waals surface area contributed by atoms with Gasteiger partial charge in [0.1, 0.15) is 12.4 Å². The van der Waals surface area contributed by atoms with Crippen molar-refractivity contribution in [3.63, 3.8) is 0 Å². The summed E-state index contributed by atoms with van der Waals surface area (Å²) < 4.78 is 22.2. The van der Waals surface area contributed by atoms with Gasteiger partial charge in [-0.3, -0.25) is 4.79 Å². The maximum atomic E-state index is 13.3. The molecule has 1 aliphatic carbocycles. The van der Waals surface area contributed by atoms with Crippen LogP contribution in [0.25, 0.3) is 0 Å². The van der Waals surface area contributed by atoms with E-state index in [0.717, 1.165) is 35.3 Å². The molecule has 7 nitrogen and oxygen atoms in total. The van der Waals surface area contributed by atoms with Crippen LogP contribution in [0.4, 0.5) is 0 Å². The van der Waals surface area contributed by atoms with Crippen LogP contribution in [-0.4, -0.2) is 50.4 Å². The van der Waals surface area contributed by atoms with Crippen LogP contribution in [0.5, 0.6) is 23.0 Å². The lowest BCUT2D eigenvalue weighted by atomic mass is 9.82. The minimum absolute atomic E-state index is 0.0102. The zero-order valence-corrected chi connectivity index (χ0v) is 20.3. The third-order valence-corrected chi connectivity index (χ3v) is 6.93. The van der Waals surface area contributed by atoms with E-state index in [2.05, 4.69) is 0 Å². The first kappa shape index (κ1) is 24.2. The summed E-state index contributed by atoms with van der Waals surface area (Å²) >= 11 is 0. The van der Waals surface area contributed by atoms with Crippen molar-refractivity contribution in [3.8, 4) is 23.0 Å². The van der Waals surface area contributed by atoms with Crippen molar-refractivity contribution >= 4 is 5.91 Å². The predicted molar refractivity (Wildman–Crippen MR) is 129 cm³/mol. The van der Waals surface area contributed by atoms with Crippen molar-refractivity contribution in [2.45, 2.75) is 51.2 Å². The van der Waals surface area contributed by atoms with Crippen LogP contribution in [0.2, 0.25) is 0 Å². The highest BCUT2D eigenvalue weighted by Crippen LogP contribution is 2.39. The Hall–Kier alpha value is -2.93. The predicted octanol–water partition coefficient (Wildman–Crippen LogP) is 4.29. The molecule has 0 saturated heterocycles. The molecular weight excluding hydrogens is 434 g/mol. The minimum atomic E-state index is -0.475. The number of hydrogen-bond donors (Lipinski definition) is 1. The van der Waals surface area contributed by atoms with Crippen molar-refractivity contribution in [3.05, 3.63) is 47.0 Å². The molecule has 0 spiro atoms. The normalized spacial score (nSPS) is 17.2. The summed E-state index contributed by atoms with van der Waals surface area (Å²) in [7, 11) is 4.68. The zero-order chi connectivity index (χ0) is 24.1. The van der Waals surface area contributed by atoms with E-state index in [9.17, 15) is 9.90 Å². The SMILES string of the molecule is COc1cc(CC(=O)N2CCOc3ccc([C@H](O)C4CCCCC4)cc3C2)cc(OC)c1OC. The Morgan fingerprint density at radius 1 is 1.06 bits per heavy atom. The average molecular weight is 470 g/mol. The van der Waals surface area contributed by atoms with E-state index in [-0.39, 0.29) is 12.3 Å². The van der Waals surface area contributed by atoms with E-state index in [4.69, 9.17) is 18.9 Å². The lowest BCUT2D eigenvalue weighted by Gasteiger charge is -2.27. The molecule has 1 fully saturated rings. The maximum Gasteiger partial charge on any atom is 0.227 e. The summed E-state index contributed by atoms with van der Waals surface area (Å²) in [6, 6.07) is 9.52. The Morgan fingerprint density at radius 2 is 1.76 bits per heavy atom. The fraction of sp³-hybridized carbons (Fsp3) is 0.519. The highest BCUT2D eigenvalue weighted by Gasteiger charge is 2.26. The fourth-order valence-electron chi connectivity index (χ4n) is 5.06. The number of rotatable bonds is 7. The van der Waals surface area contributed by atoms with E-state index in [1.165, 1.54) is 19.3 Å². The number of carbonyl (C=O) groups excluding carboxylic acids is 1. The van der Waals surface area contributed by atoms with Gasteiger partial charge in [0.2, 0.25) is 11.7 Å². The number of amides is 1. The van der Waals surface area contributed by atoms with Gasteiger partial charge in [-0.05, 0) is 54.2 Å². The van der Waals surface area contributed by atoms with Crippen LogP contribution >= 0.6 is 0 Å². The monoisotopic (exact) mass is 469 g/mol. The second-order valence-electron chi connectivity index (χ2n) is 9.08. The van der Waals surface area contributed by atoms with Crippen LogP contribution in [-0.2, 0) is 17.8 Å². The maximum absolute atomic E-state index is 13.3. The lowest BCUT2D eigenvalue weighted by Crippen LogP contribution is -2.33. The highest BCUT2D eigenvalue weighted by atomic mass is 16.5.